The molecule has 0 saturated heterocycles. The molecule has 2 heterocycles. The van der Waals surface area contributed by atoms with Crippen LogP contribution in [0, 0.1) is 5.41 Å². The van der Waals surface area contributed by atoms with E-state index < -0.39 is 29.1 Å². The van der Waals surface area contributed by atoms with E-state index in [1.54, 1.807) is 51.1 Å². The molecule has 0 aliphatic carbocycles. The Labute approximate surface area is 162 Å². The summed E-state index contributed by atoms with van der Waals surface area (Å²) in [5.74, 6) is -1.97. The number of amides is 1. The zero-order chi connectivity index (χ0) is 20.6. The maximum absolute atomic E-state index is 13.0. The van der Waals surface area contributed by atoms with Crippen LogP contribution in [0.5, 0.6) is 0 Å². The summed E-state index contributed by atoms with van der Waals surface area (Å²) in [5, 5.41) is 10.6. The molecule has 1 amide bonds. The van der Waals surface area contributed by atoms with Crippen molar-refractivity contribution in [2.24, 2.45) is 5.41 Å². The number of hydrogen-bond donors (Lipinski definition) is 1. The molecule has 0 radical (unpaired) electrons. The van der Waals surface area contributed by atoms with Crippen molar-refractivity contribution in [2.45, 2.75) is 26.8 Å². The second-order valence-electron chi connectivity index (χ2n) is 7.48. The Morgan fingerprint density at radius 2 is 1.89 bits per heavy atom. The summed E-state index contributed by atoms with van der Waals surface area (Å²) < 4.78 is 10.2. The topological polar surface area (TPSA) is 97.0 Å². The Hall–Kier alpha value is -3.35. The zero-order valence-corrected chi connectivity index (χ0v) is 16.1. The number of furan rings is 1. The van der Waals surface area contributed by atoms with Crippen LogP contribution in [0.15, 0.2) is 58.4 Å². The highest BCUT2D eigenvalue weighted by atomic mass is 16.5. The molecule has 146 valence electrons. The second-order valence-corrected chi connectivity index (χ2v) is 7.48. The van der Waals surface area contributed by atoms with Gasteiger partial charge in [-0.05, 0) is 30.3 Å². The van der Waals surface area contributed by atoms with Crippen LogP contribution in [0.25, 0.3) is 0 Å². The molecule has 2 aromatic rings. The van der Waals surface area contributed by atoms with Crippen molar-refractivity contribution in [2.75, 3.05) is 12.0 Å². The molecule has 1 unspecified atom stereocenters. The number of aliphatic hydroxyl groups is 1. The molecule has 0 spiro atoms. The highest BCUT2D eigenvalue weighted by Crippen LogP contribution is 2.43. The lowest BCUT2D eigenvalue weighted by Crippen LogP contribution is -2.32. The molecule has 1 aliphatic rings. The van der Waals surface area contributed by atoms with Crippen LogP contribution in [-0.4, -0.2) is 29.9 Å². The number of ketones is 1. The maximum Gasteiger partial charge on any atom is 0.337 e. The fraction of sp³-hybridized carbons (Fsp3) is 0.286. The number of methoxy groups -OCH3 is 1. The SMILES string of the molecule is COC(=O)c1cccc(N2C(=O)C(O)=C(C(=O)C(C)(C)C)C2c2ccco2)c1. The molecule has 7 nitrogen and oxygen atoms in total. The first-order valence-electron chi connectivity index (χ1n) is 8.70. The third kappa shape index (κ3) is 3.19. The van der Waals surface area contributed by atoms with Gasteiger partial charge in [0, 0.05) is 11.1 Å². The van der Waals surface area contributed by atoms with Gasteiger partial charge in [0.15, 0.2) is 11.5 Å². The first-order valence-corrected chi connectivity index (χ1v) is 8.70. The third-order valence-electron chi connectivity index (χ3n) is 4.49. The van der Waals surface area contributed by atoms with E-state index in [1.165, 1.54) is 24.3 Å². The fourth-order valence-corrected chi connectivity index (χ4v) is 3.12. The highest BCUT2D eigenvalue weighted by molar-refractivity contribution is 6.17. The molecule has 1 aromatic carbocycles. The van der Waals surface area contributed by atoms with Crippen molar-refractivity contribution in [3.63, 3.8) is 0 Å². The molecular formula is C21H21NO6. The normalized spacial score (nSPS) is 17.2. The van der Waals surface area contributed by atoms with Crippen molar-refractivity contribution >= 4 is 23.3 Å². The minimum atomic E-state index is -0.942. The van der Waals surface area contributed by atoms with Crippen molar-refractivity contribution in [3.05, 3.63) is 65.3 Å². The summed E-state index contributed by atoms with van der Waals surface area (Å²) in [5.41, 5.74) is -0.284. The van der Waals surface area contributed by atoms with Gasteiger partial charge >= 0.3 is 5.97 Å². The number of aliphatic hydroxyl groups excluding tert-OH is 1. The summed E-state index contributed by atoms with van der Waals surface area (Å²) in [7, 11) is 1.26. The van der Waals surface area contributed by atoms with Gasteiger partial charge < -0.3 is 14.3 Å². The fourth-order valence-electron chi connectivity index (χ4n) is 3.12. The molecule has 1 aliphatic heterocycles. The minimum Gasteiger partial charge on any atom is -0.503 e. The number of hydrogen-bond acceptors (Lipinski definition) is 6. The number of anilines is 1. The quantitative estimate of drug-likeness (QED) is 0.811. The average molecular weight is 383 g/mol. The lowest BCUT2D eigenvalue weighted by Gasteiger charge is -2.27. The van der Waals surface area contributed by atoms with Crippen LogP contribution in [0.2, 0.25) is 0 Å². The molecule has 0 bridgehead atoms. The van der Waals surface area contributed by atoms with Gasteiger partial charge in [0.05, 0.1) is 24.5 Å². The van der Waals surface area contributed by atoms with E-state index in [0.717, 1.165) is 0 Å². The van der Waals surface area contributed by atoms with Gasteiger partial charge in [-0.15, -0.1) is 0 Å². The van der Waals surface area contributed by atoms with E-state index in [1.807, 2.05) is 0 Å². The highest BCUT2D eigenvalue weighted by Gasteiger charge is 2.48. The Kier molecular flexibility index (Phi) is 4.85. The Morgan fingerprint density at radius 3 is 2.46 bits per heavy atom. The van der Waals surface area contributed by atoms with Gasteiger partial charge in [0.1, 0.15) is 11.8 Å². The number of Topliss-reactive ketones (excluding diaryl/α,β-unsaturated/α-hetero) is 1. The van der Waals surface area contributed by atoms with E-state index in [4.69, 9.17) is 9.15 Å². The summed E-state index contributed by atoms with van der Waals surface area (Å²) in [6, 6.07) is 8.54. The van der Waals surface area contributed by atoms with Gasteiger partial charge in [-0.25, -0.2) is 4.79 Å². The average Bonchev–Trinajstić information content (AvgIpc) is 3.27. The van der Waals surface area contributed by atoms with E-state index in [2.05, 4.69) is 0 Å². The Bertz CT molecular complexity index is 965. The summed E-state index contributed by atoms with van der Waals surface area (Å²) >= 11 is 0. The van der Waals surface area contributed by atoms with Crippen molar-refractivity contribution in [1.29, 1.82) is 0 Å². The molecule has 0 saturated carbocycles. The molecule has 1 N–H and O–H groups in total. The lowest BCUT2D eigenvalue weighted by molar-refractivity contribution is -0.123. The predicted molar refractivity (Wildman–Crippen MR) is 101 cm³/mol. The van der Waals surface area contributed by atoms with Crippen LogP contribution >= 0.6 is 0 Å². The third-order valence-corrected chi connectivity index (χ3v) is 4.49. The Balaban J connectivity index is 2.16. The zero-order valence-electron chi connectivity index (χ0n) is 16.1. The van der Waals surface area contributed by atoms with Gasteiger partial charge in [0.25, 0.3) is 5.91 Å². The summed E-state index contributed by atoms with van der Waals surface area (Å²) in [6.45, 7) is 5.12. The molecule has 1 atom stereocenters. The smallest absolute Gasteiger partial charge is 0.337 e. The van der Waals surface area contributed by atoms with Crippen molar-refractivity contribution in [3.8, 4) is 0 Å². The van der Waals surface area contributed by atoms with Crippen LogP contribution in [0.1, 0.15) is 42.9 Å². The molecule has 28 heavy (non-hydrogen) atoms. The summed E-state index contributed by atoms with van der Waals surface area (Å²) in [4.78, 5) is 39.1. The number of carbonyl (C=O) groups excluding carboxylic acids is 3. The van der Waals surface area contributed by atoms with Gasteiger partial charge in [-0.1, -0.05) is 26.8 Å². The second kappa shape index (κ2) is 6.99. The molecular weight excluding hydrogens is 362 g/mol. The van der Waals surface area contributed by atoms with Gasteiger partial charge in [0.2, 0.25) is 0 Å². The number of nitrogens with zero attached hydrogens (tertiary/aromatic N) is 1. The maximum atomic E-state index is 13.0. The number of esters is 1. The van der Waals surface area contributed by atoms with Crippen LogP contribution in [0.3, 0.4) is 0 Å². The first-order chi connectivity index (χ1) is 13.2. The number of ether oxygens (including phenoxy) is 1. The van der Waals surface area contributed by atoms with Crippen LogP contribution in [-0.2, 0) is 14.3 Å². The minimum absolute atomic E-state index is 0.0316. The van der Waals surface area contributed by atoms with E-state index in [-0.39, 0.29) is 16.9 Å². The van der Waals surface area contributed by atoms with Crippen LogP contribution in [0.4, 0.5) is 5.69 Å². The largest absolute Gasteiger partial charge is 0.503 e. The Morgan fingerprint density at radius 1 is 1.18 bits per heavy atom. The number of rotatable bonds is 4. The number of benzene rings is 1. The van der Waals surface area contributed by atoms with Gasteiger partial charge in [-0.2, -0.15) is 0 Å². The molecule has 7 heteroatoms. The molecule has 3 rings (SSSR count). The van der Waals surface area contributed by atoms with E-state index in [9.17, 15) is 19.5 Å². The standard InChI is InChI=1S/C21H21NO6/c1-21(2,3)18(24)15-16(14-9-6-10-28-14)22(19(25)17(15)23)13-8-5-7-12(11-13)20(26)27-4/h5-11,16,23H,1-4H3. The van der Waals surface area contributed by atoms with E-state index in [0.29, 0.717) is 11.4 Å². The molecule has 1 aromatic heterocycles. The van der Waals surface area contributed by atoms with Crippen molar-refractivity contribution < 1.29 is 28.6 Å². The molecule has 0 fully saturated rings. The first kappa shape index (κ1) is 19.4. The van der Waals surface area contributed by atoms with Crippen molar-refractivity contribution in [1.82, 2.24) is 0 Å². The summed E-state index contributed by atoms with van der Waals surface area (Å²) in [6.07, 6.45) is 1.43. The predicted octanol–water partition coefficient (Wildman–Crippen LogP) is 3.58. The monoisotopic (exact) mass is 383 g/mol. The van der Waals surface area contributed by atoms with Crippen LogP contribution < -0.4 is 4.90 Å². The lowest BCUT2D eigenvalue weighted by atomic mass is 9.83. The van der Waals surface area contributed by atoms with Gasteiger partial charge in [-0.3, -0.25) is 14.5 Å². The van der Waals surface area contributed by atoms with E-state index >= 15 is 0 Å². The number of carbonyl (C=O) groups is 3.